The fraction of sp³-hybridized carbons (Fsp3) is 0.357. The Bertz CT molecular complexity index is 771. The van der Waals surface area contributed by atoms with Crippen molar-refractivity contribution in [3.8, 4) is 11.3 Å². The van der Waals surface area contributed by atoms with E-state index in [1.165, 1.54) is 12.8 Å². The number of rotatable bonds is 5. The molecule has 0 unspecified atom stereocenters. The molecule has 3 aromatic rings. The molecule has 21 heavy (non-hydrogen) atoms. The highest BCUT2D eigenvalue weighted by Gasteiger charge is 2.11. The quantitative estimate of drug-likeness (QED) is 0.679. The van der Waals surface area contributed by atoms with Crippen LogP contribution in [0.25, 0.3) is 16.2 Å². The zero-order valence-corrected chi connectivity index (χ0v) is 12.8. The van der Waals surface area contributed by atoms with E-state index in [0.717, 1.165) is 29.1 Å². The Balaban J connectivity index is 1.78. The molecule has 0 fully saturated rings. The Labute approximate surface area is 126 Å². The van der Waals surface area contributed by atoms with Crippen molar-refractivity contribution in [3.05, 3.63) is 29.7 Å². The molecule has 110 valence electrons. The minimum absolute atomic E-state index is 0.164. The van der Waals surface area contributed by atoms with Crippen LogP contribution in [-0.4, -0.2) is 32.2 Å². The van der Waals surface area contributed by atoms with Crippen LogP contribution in [0.15, 0.2) is 24.0 Å². The number of nitrogens with zero attached hydrogens (tertiary/aromatic N) is 4. The van der Waals surface area contributed by atoms with E-state index >= 15 is 0 Å². The number of hydrogen-bond acceptors (Lipinski definition) is 5. The first-order valence-corrected chi connectivity index (χ1v) is 7.56. The van der Waals surface area contributed by atoms with Gasteiger partial charge in [0, 0.05) is 42.5 Å². The number of imidazole rings is 1. The zero-order valence-electron chi connectivity index (χ0n) is 11.9. The van der Waals surface area contributed by atoms with Crippen LogP contribution in [0.1, 0.15) is 18.5 Å². The van der Waals surface area contributed by atoms with Gasteiger partial charge < -0.3 is 4.74 Å². The van der Waals surface area contributed by atoms with Crippen LogP contribution in [0.2, 0.25) is 0 Å². The lowest BCUT2D eigenvalue weighted by molar-refractivity contribution is -0.140. The topological polar surface area (TPSA) is 61.4 Å². The zero-order chi connectivity index (χ0) is 14.8. The van der Waals surface area contributed by atoms with E-state index in [1.54, 1.807) is 16.0 Å². The molecular weight excluding hydrogens is 288 g/mol. The van der Waals surface area contributed by atoms with Gasteiger partial charge in [-0.1, -0.05) is 0 Å². The number of fused-ring (bicyclic) bond motifs is 1. The summed E-state index contributed by atoms with van der Waals surface area (Å²) in [6.07, 6.45) is 7.83. The first-order chi connectivity index (χ1) is 10.2. The number of ether oxygens (including phenoxy) is 1. The van der Waals surface area contributed by atoms with Gasteiger partial charge in [-0.25, -0.2) is 4.98 Å². The highest BCUT2D eigenvalue weighted by Crippen LogP contribution is 2.24. The molecule has 0 radical (unpaired) electrons. The maximum absolute atomic E-state index is 11.1. The van der Waals surface area contributed by atoms with Crippen LogP contribution >= 0.6 is 11.3 Å². The van der Waals surface area contributed by atoms with Gasteiger partial charge >= 0.3 is 5.97 Å². The summed E-state index contributed by atoms with van der Waals surface area (Å²) in [7, 11) is 3.31. The average molecular weight is 304 g/mol. The summed E-state index contributed by atoms with van der Waals surface area (Å²) in [6.45, 7) is 0. The normalized spacial score (nSPS) is 11.1. The summed E-state index contributed by atoms with van der Waals surface area (Å²) in [6, 6.07) is 0. The number of carbonyl (C=O) groups excluding carboxylic acids is 1. The predicted octanol–water partition coefficient (Wildman–Crippen LogP) is 2.29. The lowest BCUT2D eigenvalue weighted by Crippen LogP contribution is -2.01. The fourth-order valence-corrected chi connectivity index (χ4v) is 3.12. The van der Waals surface area contributed by atoms with E-state index < -0.39 is 0 Å². The van der Waals surface area contributed by atoms with Gasteiger partial charge in [-0.15, -0.1) is 11.3 Å². The molecule has 0 amide bonds. The second-order valence-corrected chi connectivity index (χ2v) is 5.67. The number of hydrogen-bond donors (Lipinski definition) is 0. The van der Waals surface area contributed by atoms with Gasteiger partial charge in [-0.2, -0.15) is 5.10 Å². The van der Waals surface area contributed by atoms with Crippen LogP contribution in [0.3, 0.4) is 0 Å². The van der Waals surface area contributed by atoms with Gasteiger partial charge in [0.15, 0.2) is 4.96 Å². The van der Waals surface area contributed by atoms with Crippen LogP contribution in [-0.2, 0) is 23.0 Å². The highest BCUT2D eigenvalue weighted by atomic mass is 32.1. The molecule has 0 aromatic carbocycles. The van der Waals surface area contributed by atoms with Gasteiger partial charge in [-0.05, 0) is 12.8 Å². The molecule has 0 saturated carbocycles. The minimum atomic E-state index is -0.164. The number of carbonyl (C=O) groups is 1. The predicted molar refractivity (Wildman–Crippen MR) is 80.2 cm³/mol. The molecule has 0 N–H and O–H groups in total. The maximum Gasteiger partial charge on any atom is 0.305 e. The van der Waals surface area contributed by atoms with Crippen molar-refractivity contribution < 1.29 is 9.53 Å². The summed E-state index contributed by atoms with van der Waals surface area (Å²) < 4.78 is 8.51. The van der Waals surface area contributed by atoms with Crippen molar-refractivity contribution >= 4 is 22.3 Å². The molecule has 0 bridgehead atoms. The Morgan fingerprint density at radius 3 is 3.00 bits per heavy atom. The molecule has 0 aliphatic rings. The van der Waals surface area contributed by atoms with Gasteiger partial charge in [0.1, 0.15) is 0 Å². The van der Waals surface area contributed by atoms with E-state index in [1.807, 2.05) is 25.6 Å². The third-order valence-electron chi connectivity index (χ3n) is 3.33. The molecule has 3 heterocycles. The average Bonchev–Trinajstić information content (AvgIpc) is 3.14. The van der Waals surface area contributed by atoms with Gasteiger partial charge in [0.2, 0.25) is 0 Å². The smallest absolute Gasteiger partial charge is 0.305 e. The number of methoxy groups -OCH3 is 1. The van der Waals surface area contributed by atoms with E-state index in [9.17, 15) is 4.79 Å². The second kappa shape index (κ2) is 5.69. The fourth-order valence-electron chi connectivity index (χ4n) is 2.22. The first kappa shape index (κ1) is 13.8. The maximum atomic E-state index is 11.1. The van der Waals surface area contributed by atoms with Gasteiger partial charge in [0.05, 0.1) is 19.0 Å². The largest absolute Gasteiger partial charge is 0.469 e. The lowest BCUT2D eigenvalue weighted by Gasteiger charge is -1.99. The summed E-state index contributed by atoms with van der Waals surface area (Å²) in [5.74, 6) is -0.164. The van der Waals surface area contributed by atoms with Crippen LogP contribution in [0.4, 0.5) is 0 Å². The third-order valence-corrected chi connectivity index (χ3v) is 4.21. The van der Waals surface area contributed by atoms with E-state index in [-0.39, 0.29) is 5.97 Å². The first-order valence-electron chi connectivity index (χ1n) is 6.68. The Kier molecular flexibility index (Phi) is 3.74. The Hall–Kier alpha value is -2.15. The lowest BCUT2D eigenvalue weighted by atomic mass is 10.2. The van der Waals surface area contributed by atoms with E-state index in [2.05, 4.69) is 24.6 Å². The molecular formula is C14H16N4O2S. The molecule has 7 heteroatoms. The van der Waals surface area contributed by atoms with Crippen LogP contribution in [0, 0.1) is 0 Å². The van der Waals surface area contributed by atoms with Crippen LogP contribution < -0.4 is 0 Å². The van der Waals surface area contributed by atoms with Crippen molar-refractivity contribution in [2.75, 3.05) is 7.11 Å². The third kappa shape index (κ3) is 2.82. The van der Waals surface area contributed by atoms with Crippen molar-refractivity contribution in [2.24, 2.45) is 7.05 Å². The number of thiazole rings is 1. The number of esters is 1. The number of aryl methyl sites for hydroxylation is 2. The van der Waals surface area contributed by atoms with Crippen molar-refractivity contribution in [1.29, 1.82) is 0 Å². The molecule has 0 spiro atoms. The van der Waals surface area contributed by atoms with Crippen molar-refractivity contribution in [3.63, 3.8) is 0 Å². The number of aromatic nitrogens is 4. The molecule has 0 saturated heterocycles. The summed E-state index contributed by atoms with van der Waals surface area (Å²) >= 11 is 1.61. The van der Waals surface area contributed by atoms with E-state index in [4.69, 9.17) is 0 Å². The standard InChI is InChI=1S/C14H16N4O2S/c1-17-7-10(6-15-17)12-8-18-11(9-21-14(18)16-12)4-3-5-13(19)20-2/h6-9H,3-5H2,1-2H3. The summed E-state index contributed by atoms with van der Waals surface area (Å²) in [4.78, 5) is 16.7. The Morgan fingerprint density at radius 2 is 2.29 bits per heavy atom. The second-order valence-electron chi connectivity index (χ2n) is 4.84. The molecule has 0 aliphatic heterocycles. The SMILES string of the molecule is COC(=O)CCCc1csc2nc(-c3cnn(C)c3)cn12. The molecule has 6 nitrogen and oxygen atoms in total. The summed E-state index contributed by atoms with van der Waals surface area (Å²) in [5, 5.41) is 6.26. The molecule has 0 atom stereocenters. The molecule has 3 aromatic heterocycles. The Morgan fingerprint density at radius 1 is 1.43 bits per heavy atom. The summed E-state index contributed by atoms with van der Waals surface area (Å²) in [5.41, 5.74) is 3.10. The van der Waals surface area contributed by atoms with Crippen molar-refractivity contribution in [1.82, 2.24) is 19.2 Å². The monoisotopic (exact) mass is 304 g/mol. The highest BCUT2D eigenvalue weighted by molar-refractivity contribution is 7.15. The van der Waals surface area contributed by atoms with Crippen LogP contribution in [0.5, 0.6) is 0 Å². The minimum Gasteiger partial charge on any atom is -0.469 e. The molecule has 0 aliphatic carbocycles. The van der Waals surface area contributed by atoms with Gasteiger partial charge in [0.25, 0.3) is 0 Å². The molecule has 3 rings (SSSR count). The van der Waals surface area contributed by atoms with Crippen molar-refractivity contribution in [2.45, 2.75) is 19.3 Å². The van der Waals surface area contributed by atoms with E-state index in [0.29, 0.717) is 6.42 Å². The van der Waals surface area contributed by atoms with Gasteiger partial charge in [-0.3, -0.25) is 13.9 Å².